The zero-order valence-electron chi connectivity index (χ0n) is 8.91. The van der Waals surface area contributed by atoms with Crippen LogP contribution in [0.5, 0.6) is 0 Å². The van der Waals surface area contributed by atoms with E-state index in [2.05, 4.69) is 38.2 Å². The number of anilines is 1. The van der Waals surface area contributed by atoms with Gasteiger partial charge in [0.25, 0.3) is 0 Å². The fourth-order valence-electron chi connectivity index (χ4n) is 1.84. The minimum Gasteiger partial charge on any atom is -0.366 e. The molecule has 1 aromatic heterocycles. The Hall–Kier alpha value is -0.610. The zero-order valence-corrected chi connectivity index (χ0v) is 10.5. The first-order chi connectivity index (χ1) is 7.25. The molecule has 0 amide bonds. The molecule has 0 aliphatic carbocycles. The van der Waals surface area contributed by atoms with Crippen molar-refractivity contribution in [2.24, 2.45) is 0 Å². The molecule has 0 bridgehead atoms. The van der Waals surface area contributed by atoms with E-state index < -0.39 is 0 Å². The SMILES string of the molecule is CN1CCC(Nc2ncccc2Br)CC1. The fraction of sp³-hybridized carbons (Fsp3) is 0.545. The van der Waals surface area contributed by atoms with E-state index in [1.54, 1.807) is 0 Å². The maximum atomic E-state index is 4.32. The molecule has 1 aliphatic heterocycles. The van der Waals surface area contributed by atoms with Gasteiger partial charge in [-0.2, -0.15) is 0 Å². The Balaban J connectivity index is 1.95. The molecule has 1 saturated heterocycles. The lowest BCUT2D eigenvalue weighted by Crippen LogP contribution is -2.36. The maximum absolute atomic E-state index is 4.32. The first-order valence-electron chi connectivity index (χ1n) is 5.31. The Bertz CT molecular complexity index is 321. The highest BCUT2D eigenvalue weighted by molar-refractivity contribution is 9.10. The highest BCUT2D eigenvalue weighted by atomic mass is 79.9. The second kappa shape index (κ2) is 4.94. The molecule has 0 atom stereocenters. The summed E-state index contributed by atoms with van der Waals surface area (Å²) in [5.41, 5.74) is 0. The summed E-state index contributed by atoms with van der Waals surface area (Å²) in [6.07, 6.45) is 4.21. The molecule has 15 heavy (non-hydrogen) atoms. The van der Waals surface area contributed by atoms with Gasteiger partial charge in [0.15, 0.2) is 0 Å². The fourth-order valence-corrected chi connectivity index (χ4v) is 2.21. The molecule has 3 nitrogen and oxygen atoms in total. The zero-order chi connectivity index (χ0) is 10.7. The van der Waals surface area contributed by atoms with E-state index in [1.807, 2.05) is 18.3 Å². The number of pyridine rings is 1. The quantitative estimate of drug-likeness (QED) is 0.894. The standard InChI is InChI=1S/C11H16BrN3/c1-15-7-4-9(5-8-15)14-11-10(12)3-2-6-13-11/h2-3,6,9H,4-5,7-8H2,1H3,(H,13,14). The van der Waals surface area contributed by atoms with Crippen LogP contribution in [0.15, 0.2) is 22.8 Å². The van der Waals surface area contributed by atoms with Gasteiger partial charge >= 0.3 is 0 Å². The van der Waals surface area contributed by atoms with Crippen molar-refractivity contribution in [3.05, 3.63) is 22.8 Å². The predicted octanol–water partition coefficient (Wildman–Crippen LogP) is 2.35. The van der Waals surface area contributed by atoms with Crippen molar-refractivity contribution in [2.75, 3.05) is 25.5 Å². The summed E-state index contributed by atoms with van der Waals surface area (Å²) in [4.78, 5) is 6.69. The minimum atomic E-state index is 0.562. The Morgan fingerprint density at radius 1 is 1.47 bits per heavy atom. The van der Waals surface area contributed by atoms with Gasteiger partial charge in [0.1, 0.15) is 5.82 Å². The van der Waals surface area contributed by atoms with Crippen LogP contribution in [0.4, 0.5) is 5.82 Å². The molecule has 1 fully saturated rings. The first kappa shape index (κ1) is 10.9. The van der Waals surface area contributed by atoms with Crippen molar-refractivity contribution in [1.29, 1.82) is 0 Å². The number of likely N-dealkylation sites (tertiary alicyclic amines) is 1. The molecule has 0 saturated carbocycles. The van der Waals surface area contributed by atoms with Gasteiger partial charge < -0.3 is 10.2 Å². The van der Waals surface area contributed by atoms with E-state index in [0.29, 0.717) is 6.04 Å². The van der Waals surface area contributed by atoms with Gasteiger partial charge in [-0.05, 0) is 61.0 Å². The predicted molar refractivity (Wildman–Crippen MR) is 66.1 cm³/mol. The Kier molecular flexibility index (Phi) is 3.59. The minimum absolute atomic E-state index is 0.562. The van der Waals surface area contributed by atoms with Crippen LogP contribution in [0.2, 0.25) is 0 Å². The average molecular weight is 270 g/mol. The van der Waals surface area contributed by atoms with Crippen molar-refractivity contribution in [3.8, 4) is 0 Å². The Morgan fingerprint density at radius 3 is 2.87 bits per heavy atom. The van der Waals surface area contributed by atoms with Crippen molar-refractivity contribution in [3.63, 3.8) is 0 Å². The number of nitrogens with zero attached hydrogens (tertiary/aromatic N) is 2. The van der Waals surface area contributed by atoms with Gasteiger partial charge in [0.05, 0.1) is 4.47 Å². The number of piperidine rings is 1. The molecule has 0 spiro atoms. The summed E-state index contributed by atoms with van der Waals surface area (Å²) in [7, 11) is 2.17. The molecule has 2 heterocycles. The largest absolute Gasteiger partial charge is 0.366 e. The molecule has 0 radical (unpaired) electrons. The second-order valence-electron chi connectivity index (χ2n) is 4.06. The third kappa shape index (κ3) is 2.92. The maximum Gasteiger partial charge on any atom is 0.140 e. The highest BCUT2D eigenvalue weighted by Crippen LogP contribution is 2.21. The van der Waals surface area contributed by atoms with Crippen LogP contribution in [0.3, 0.4) is 0 Å². The van der Waals surface area contributed by atoms with Crippen LogP contribution in [0.25, 0.3) is 0 Å². The molecule has 82 valence electrons. The lowest BCUT2D eigenvalue weighted by Gasteiger charge is -2.29. The molecule has 0 unspecified atom stereocenters. The van der Waals surface area contributed by atoms with Gasteiger partial charge in [-0.25, -0.2) is 4.98 Å². The summed E-state index contributed by atoms with van der Waals surface area (Å²) in [6.45, 7) is 2.34. The summed E-state index contributed by atoms with van der Waals surface area (Å²) in [6, 6.07) is 4.51. The summed E-state index contributed by atoms with van der Waals surface area (Å²) in [5.74, 6) is 0.965. The molecule has 4 heteroatoms. The number of halogens is 1. The average Bonchev–Trinajstić information content (AvgIpc) is 2.25. The number of rotatable bonds is 2. The van der Waals surface area contributed by atoms with E-state index in [1.165, 1.54) is 25.9 Å². The molecule has 1 N–H and O–H groups in total. The molecular formula is C11H16BrN3. The van der Waals surface area contributed by atoms with Crippen molar-refractivity contribution < 1.29 is 0 Å². The van der Waals surface area contributed by atoms with Crippen molar-refractivity contribution >= 4 is 21.7 Å². The number of aromatic nitrogens is 1. The topological polar surface area (TPSA) is 28.2 Å². The van der Waals surface area contributed by atoms with E-state index in [-0.39, 0.29) is 0 Å². The number of nitrogens with one attached hydrogen (secondary N) is 1. The molecule has 2 rings (SSSR count). The van der Waals surface area contributed by atoms with E-state index in [4.69, 9.17) is 0 Å². The molecule has 1 aromatic rings. The van der Waals surface area contributed by atoms with E-state index in [0.717, 1.165) is 10.3 Å². The van der Waals surface area contributed by atoms with Gasteiger partial charge in [-0.3, -0.25) is 0 Å². The highest BCUT2D eigenvalue weighted by Gasteiger charge is 2.17. The van der Waals surface area contributed by atoms with Crippen LogP contribution in [0, 0.1) is 0 Å². The van der Waals surface area contributed by atoms with Crippen LogP contribution >= 0.6 is 15.9 Å². The Morgan fingerprint density at radius 2 is 2.20 bits per heavy atom. The van der Waals surface area contributed by atoms with E-state index >= 15 is 0 Å². The second-order valence-corrected chi connectivity index (χ2v) is 4.91. The van der Waals surface area contributed by atoms with Gasteiger partial charge in [0.2, 0.25) is 0 Å². The van der Waals surface area contributed by atoms with Crippen LogP contribution < -0.4 is 5.32 Å². The summed E-state index contributed by atoms with van der Waals surface area (Å²) >= 11 is 3.50. The molecule has 1 aliphatic rings. The molecular weight excluding hydrogens is 254 g/mol. The van der Waals surface area contributed by atoms with Crippen molar-refractivity contribution in [1.82, 2.24) is 9.88 Å². The monoisotopic (exact) mass is 269 g/mol. The number of hydrogen-bond donors (Lipinski definition) is 1. The molecule has 0 aromatic carbocycles. The third-order valence-electron chi connectivity index (χ3n) is 2.82. The Labute approximate surface area is 99.0 Å². The number of hydrogen-bond acceptors (Lipinski definition) is 3. The third-order valence-corrected chi connectivity index (χ3v) is 3.46. The first-order valence-corrected chi connectivity index (χ1v) is 6.10. The van der Waals surface area contributed by atoms with E-state index in [9.17, 15) is 0 Å². The summed E-state index contributed by atoms with van der Waals surface area (Å²) < 4.78 is 1.05. The van der Waals surface area contributed by atoms with Crippen LogP contribution in [-0.4, -0.2) is 36.1 Å². The lowest BCUT2D eigenvalue weighted by atomic mass is 10.1. The van der Waals surface area contributed by atoms with Crippen molar-refractivity contribution in [2.45, 2.75) is 18.9 Å². The smallest absolute Gasteiger partial charge is 0.140 e. The van der Waals surface area contributed by atoms with Crippen LogP contribution in [-0.2, 0) is 0 Å². The van der Waals surface area contributed by atoms with Gasteiger partial charge in [-0.15, -0.1) is 0 Å². The van der Waals surface area contributed by atoms with Crippen LogP contribution in [0.1, 0.15) is 12.8 Å². The normalized spacial score (nSPS) is 19.1. The summed E-state index contributed by atoms with van der Waals surface area (Å²) in [5, 5.41) is 3.49. The van der Waals surface area contributed by atoms with Gasteiger partial charge in [0, 0.05) is 12.2 Å². The van der Waals surface area contributed by atoms with Gasteiger partial charge in [-0.1, -0.05) is 0 Å². The lowest BCUT2D eigenvalue weighted by molar-refractivity contribution is 0.263.